The molecule has 1 heterocycles. The van der Waals surface area contributed by atoms with Crippen molar-refractivity contribution < 1.29 is 19.2 Å². The standard InChI is InChI=1S/C35H41N3O4/c1-2-3-4-5-6-7-8-9-13-19-32-36-33(42-37-32)30-22-20-27(21-23-30)25-38(34(39)35(40)41)26-28-15-14-18-31(24-28)29-16-11-10-12-17-29/h10-12,14-18,20-24H,2-9,13,19,25-26H2,1H3,(H,40,41). The molecule has 0 saturated heterocycles. The van der Waals surface area contributed by atoms with E-state index in [0.717, 1.165) is 40.7 Å². The number of carboxylic acid groups (broad SMARTS) is 1. The first kappa shape index (κ1) is 30.7. The number of carboxylic acids is 1. The lowest BCUT2D eigenvalue weighted by atomic mass is 10.0. The molecule has 0 bridgehead atoms. The van der Waals surface area contributed by atoms with E-state index in [-0.39, 0.29) is 13.1 Å². The first-order chi connectivity index (χ1) is 20.5. The van der Waals surface area contributed by atoms with Gasteiger partial charge in [-0.15, -0.1) is 0 Å². The zero-order valence-corrected chi connectivity index (χ0v) is 24.5. The average Bonchev–Trinajstić information content (AvgIpc) is 3.49. The largest absolute Gasteiger partial charge is 0.474 e. The van der Waals surface area contributed by atoms with Crippen molar-refractivity contribution in [1.82, 2.24) is 15.0 Å². The molecule has 0 aliphatic rings. The van der Waals surface area contributed by atoms with Crippen molar-refractivity contribution in [3.63, 3.8) is 0 Å². The fraction of sp³-hybridized carbons (Fsp3) is 0.371. The van der Waals surface area contributed by atoms with E-state index in [1.807, 2.05) is 78.9 Å². The molecule has 0 aliphatic carbocycles. The summed E-state index contributed by atoms with van der Waals surface area (Å²) in [4.78, 5) is 30.1. The number of aromatic nitrogens is 2. The fourth-order valence-electron chi connectivity index (χ4n) is 5.07. The van der Waals surface area contributed by atoms with Crippen LogP contribution in [0.25, 0.3) is 22.6 Å². The van der Waals surface area contributed by atoms with Gasteiger partial charge < -0.3 is 14.5 Å². The number of aryl methyl sites for hydroxylation is 1. The number of benzene rings is 3. The van der Waals surface area contributed by atoms with Gasteiger partial charge >= 0.3 is 11.9 Å². The van der Waals surface area contributed by atoms with Crippen molar-refractivity contribution in [2.75, 3.05) is 0 Å². The number of nitrogens with zero attached hydrogens (tertiary/aromatic N) is 3. The van der Waals surface area contributed by atoms with Gasteiger partial charge in [0.25, 0.3) is 5.89 Å². The molecule has 4 rings (SSSR count). The van der Waals surface area contributed by atoms with Crippen LogP contribution in [0.15, 0.2) is 83.4 Å². The van der Waals surface area contributed by atoms with Gasteiger partial charge in [0.2, 0.25) is 0 Å². The van der Waals surface area contributed by atoms with Gasteiger partial charge in [-0.25, -0.2) is 4.79 Å². The number of hydrogen-bond donors (Lipinski definition) is 1. The van der Waals surface area contributed by atoms with E-state index in [1.165, 1.54) is 56.3 Å². The van der Waals surface area contributed by atoms with Crippen molar-refractivity contribution in [1.29, 1.82) is 0 Å². The third-order valence-corrected chi connectivity index (χ3v) is 7.42. The topological polar surface area (TPSA) is 96.5 Å². The number of hydrogen-bond acceptors (Lipinski definition) is 5. The van der Waals surface area contributed by atoms with Gasteiger partial charge in [0.1, 0.15) is 0 Å². The Labute approximate surface area is 248 Å². The first-order valence-electron chi connectivity index (χ1n) is 15.1. The highest BCUT2D eigenvalue weighted by atomic mass is 16.5. The molecule has 1 aromatic heterocycles. The van der Waals surface area contributed by atoms with Crippen LogP contribution >= 0.6 is 0 Å². The van der Waals surface area contributed by atoms with E-state index >= 15 is 0 Å². The van der Waals surface area contributed by atoms with E-state index < -0.39 is 11.9 Å². The number of carbonyl (C=O) groups excluding carboxylic acids is 1. The molecule has 1 amide bonds. The molecule has 7 heteroatoms. The van der Waals surface area contributed by atoms with Crippen molar-refractivity contribution in [3.05, 3.63) is 95.8 Å². The van der Waals surface area contributed by atoms with Crippen molar-refractivity contribution >= 4 is 11.9 Å². The highest BCUT2D eigenvalue weighted by Gasteiger charge is 2.22. The maximum atomic E-state index is 12.6. The van der Waals surface area contributed by atoms with Gasteiger partial charge in [-0.05, 0) is 46.9 Å². The monoisotopic (exact) mass is 567 g/mol. The van der Waals surface area contributed by atoms with Crippen LogP contribution in [0.2, 0.25) is 0 Å². The summed E-state index contributed by atoms with van der Waals surface area (Å²) in [7, 11) is 0. The number of unbranched alkanes of at least 4 members (excludes halogenated alkanes) is 8. The summed E-state index contributed by atoms with van der Waals surface area (Å²) in [6, 6.07) is 25.2. The van der Waals surface area contributed by atoms with Gasteiger partial charge in [-0.2, -0.15) is 4.98 Å². The molecule has 0 unspecified atom stereocenters. The highest BCUT2D eigenvalue weighted by molar-refractivity contribution is 6.31. The van der Waals surface area contributed by atoms with Crippen molar-refractivity contribution in [2.45, 2.75) is 84.2 Å². The Hall–Kier alpha value is -4.26. The Morgan fingerprint density at radius 2 is 1.36 bits per heavy atom. The molecule has 0 atom stereocenters. The summed E-state index contributed by atoms with van der Waals surface area (Å²) in [5, 5.41) is 13.6. The minimum atomic E-state index is -1.48. The second-order valence-corrected chi connectivity index (χ2v) is 10.8. The SMILES string of the molecule is CCCCCCCCCCCc1noc(-c2ccc(CN(Cc3cccc(-c4ccccc4)c3)C(=O)C(=O)O)cc2)n1. The zero-order valence-electron chi connectivity index (χ0n) is 24.5. The van der Waals surface area contributed by atoms with Gasteiger partial charge in [0, 0.05) is 25.1 Å². The van der Waals surface area contributed by atoms with Crippen LogP contribution in [0.3, 0.4) is 0 Å². The van der Waals surface area contributed by atoms with Gasteiger partial charge in [0.05, 0.1) is 0 Å². The minimum absolute atomic E-state index is 0.161. The van der Waals surface area contributed by atoms with E-state index in [0.29, 0.717) is 11.7 Å². The maximum Gasteiger partial charge on any atom is 0.394 e. The summed E-state index contributed by atoms with van der Waals surface area (Å²) in [6.07, 6.45) is 12.2. The normalized spacial score (nSPS) is 11.0. The number of carbonyl (C=O) groups is 2. The molecule has 0 fully saturated rings. The van der Waals surface area contributed by atoms with Crippen LogP contribution < -0.4 is 0 Å². The van der Waals surface area contributed by atoms with Crippen LogP contribution in [0.1, 0.15) is 81.7 Å². The lowest BCUT2D eigenvalue weighted by molar-refractivity contribution is -0.156. The van der Waals surface area contributed by atoms with Crippen LogP contribution in [0.4, 0.5) is 0 Å². The summed E-state index contributed by atoms with van der Waals surface area (Å²) in [5.74, 6) is -1.24. The molecular formula is C35H41N3O4. The highest BCUT2D eigenvalue weighted by Crippen LogP contribution is 2.23. The van der Waals surface area contributed by atoms with Crippen LogP contribution in [-0.2, 0) is 29.1 Å². The predicted octanol–water partition coefficient (Wildman–Crippen LogP) is 8.09. The lowest BCUT2D eigenvalue weighted by Gasteiger charge is -2.21. The van der Waals surface area contributed by atoms with Crippen molar-refractivity contribution in [2.24, 2.45) is 0 Å². The smallest absolute Gasteiger partial charge is 0.394 e. The van der Waals surface area contributed by atoms with E-state index in [2.05, 4.69) is 17.1 Å². The first-order valence-corrected chi connectivity index (χ1v) is 15.1. The molecule has 42 heavy (non-hydrogen) atoms. The van der Waals surface area contributed by atoms with E-state index in [1.54, 1.807) is 0 Å². The zero-order chi connectivity index (χ0) is 29.6. The molecule has 7 nitrogen and oxygen atoms in total. The minimum Gasteiger partial charge on any atom is -0.474 e. The third-order valence-electron chi connectivity index (χ3n) is 7.42. The average molecular weight is 568 g/mol. The van der Waals surface area contributed by atoms with E-state index in [9.17, 15) is 14.7 Å². The van der Waals surface area contributed by atoms with Crippen molar-refractivity contribution in [3.8, 4) is 22.6 Å². The third kappa shape index (κ3) is 9.40. The molecule has 3 aromatic carbocycles. The quantitative estimate of drug-likeness (QED) is 0.109. The predicted molar refractivity (Wildman–Crippen MR) is 164 cm³/mol. The molecule has 0 saturated carbocycles. The fourth-order valence-corrected chi connectivity index (χ4v) is 5.07. The lowest BCUT2D eigenvalue weighted by Crippen LogP contribution is -2.35. The second kappa shape index (κ2) is 16.2. The number of aliphatic carboxylic acids is 1. The van der Waals surface area contributed by atoms with Crippen LogP contribution in [0, 0.1) is 0 Å². The molecule has 1 N–H and O–H groups in total. The molecule has 0 aliphatic heterocycles. The van der Waals surface area contributed by atoms with E-state index in [4.69, 9.17) is 4.52 Å². The number of rotatable bonds is 16. The van der Waals surface area contributed by atoms with Gasteiger partial charge in [0.15, 0.2) is 5.82 Å². The molecule has 0 radical (unpaired) electrons. The Morgan fingerprint density at radius 3 is 2.05 bits per heavy atom. The molecular weight excluding hydrogens is 526 g/mol. The Morgan fingerprint density at radius 1 is 0.714 bits per heavy atom. The number of amides is 1. The Kier molecular flexibility index (Phi) is 11.9. The van der Waals surface area contributed by atoms with Gasteiger partial charge in [-0.3, -0.25) is 4.79 Å². The Bertz CT molecular complexity index is 1400. The molecule has 220 valence electrons. The molecule has 0 spiro atoms. The summed E-state index contributed by atoms with van der Waals surface area (Å²) in [5.41, 5.74) is 4.52. The maximum absolute atomic E-state index is 12.6. The summed E-state index contributed by atoms with van der Waals surface area (Å²) < 4.78 is 5.50. The summed E-state index contributed by atoms with van der Waals surface area (Å²) in [6.45, 7) is 2.59. The van der Waals surface area contributed by atoms with Gasteiger partial charge in [-0.1, -0.05) is 124 Å². The summed E-state index contributed by atoms with van der Waals surface area (Å²) >= 11 is 0. The van der Waals surface area contributed by atoms with Crippen LogP contribution in [-0.4, -0.2) is 32.0 Å². The second-order valence-electron chi connectivity index (χ2n) is 10.8. The molecule has 4 aromatic rings. The van der Waals surface area contributed by atoms with Crippen LogP contribution in [0.5, 0.6) is 0 Å². The Balaban J connectivity index is 1.31.